The predicted octanol–water partition coefficient (Wildman–Crippen LogP) is 7.53. The summed E-state index contributed by atoms with van der Waals surface area (Å²) < 4.78 is 12.6. The largest absolute Gasteiger partial charge is 0.444 e. The van der Waals surface area contributed by atoms with Crippen molar-refractivity contribution in [1.82, 2.24) is 15.1 Å². The third-order valence-corrected chi connectivity index (χ3v) is 6.53. The lowest BCUT2D eigenvalue weighted by Crippen LogP contribution is -2.41. The molecular formula is C35H42N6O4. The Balaban J connectivity index is 1.85. The molecule has 0 saturated carbocycles. The fourth-order valence-electron chi connectivity index (χ4n) is 4.80. The first-order valence-corrected chi connectivity index (χ1v) is 14.9. The van der Waals surface area contributed by atoms with Crippen LogP contribution in [-0.4, -0.2) is 39.1 Å². The molecule has 236 valence electrons. The number of hydrogen-bond donors (Lipinski definition) is 3. The van der Waals surface area contributed by atoms with Gasteiger partial charge in [-0.3, -0.25) is 5.32 Å². The van der Waals surface area contributed by atoms with Crippen molar-refractivity contribution < 1.29 is 19.1 Å². The number of anilines is 2. The molecule has 0 aliphatic carbocycles. The van der Waals surface area contributed by atoms with Gasteiger partial charge in [0, 0.05) is 6.54 Å². The molecule has 2 amide bonds. The first kappa shape index (κ1) is 32.8. The fourth-order valence-corrected chi connectivity index (χ4v) is 4.80. The summed E-state index contributed by atoms with van der Waals surface area (Å²) in [6.45, 7) is 12.9. The highest BCUT2D eigenvalue weighted by atomic mass is 16.6. The van der Waals surface area contributed by atoms with Crippen molar-refractivity contribution in [3.8, 4) is 0 Å². The number of carbonyl (C=O) groups excluding carboxylic acids is 2. The molecule has 0 spiro atoms. The van der Waals surface area contributed by atoms with Crippen LogP contribution in [0.4, 0.5) is 21.1 Å². The zero-order valence-corrected chi connectivity index (χ0v) is 26.9. The molecule has 3 aromatic carbocycles. The minimum absolute atomic E-state index is 0.179. The molecule has 0 bridgehead atoms. The highest BCUT2D eigenvalue weighted by molar-refractivity contribution is 6.07. The maximum absolute atomic E-state index is 12.8. The Hall–Kier alpha value is -5.12. The number of ether oxygens (including phenoxy) is 2. The molecule has 0 aliphatic heterocycles. The number of nitrogens with one attached hydrogen (secondary N) is 3. The van der Waals surface area contributed by atoms with Crippen LogP contribution >= 0.6 is 0 Å². The molecule has 4 rings (SSSR count). The lowest BCUT2D eigenvalue weighted by atomic mass is 9.77. The number of aryl methyl sites for hydroxylation is 1. The average Bonchev–Trinajstić information content (AvgIpc) is 3.35. The number of guanidine groups is 1. The number of rotatable bonds is 7. The van der Waals surface area contributed by atoms with Crippen LogP contribution in [-0.2, 0) is 21.6 Å². The van der Waals surface area contributed by atoms with E-state index in [2.05, 4.69) is 62.4 Å². The molecule has 10 heteroatoms. The Kier molecular flexibility index (Phi) is 9.96. The third kappa shape index (κ3) is 8.50. The summed E-state index contributed by atoms with van der Waals surface area (Å²) in [5.74, 6) is 0.416. The van der Waals surface area contributed by atoms with Crippen molar-refractivity contribution in [2.24, 2.45) is 4.99 Å². The van der Waals surface area contributed by atoms with E-state index in [9.17, 15) is 9.59 Å². The summed E-state index contributed by atoms with van der Waals surface area (Å²) >= 11 is 0. The van der Waals surface area contributed by atoms with Crippen LogP contribution in [0.25, 0.3) is 0 Å². The Morgan fingerprint density at radius 2 is 1.22 bits per heavy atom. The zero-order chi connectivity index (χ0) is 32.7. The maximum atomic E-state index is 12.8. The molecule has 45 heavy (non-hydrogen) atoms. The van der Waals surface area contributed by atoms with Crippen LogP contribution in [0.2, 0.25) is 0 Å². The summed E-state index contributed by atoms with van der Waals surface area (Å²) in [7, 11) is 0. The molecule has 0 fully saturated rings. The van der Waals surface area contributed by atoms with E-state index in [1.807, 2.05) is 61.5 Å². The zero-order valence-electron chi connectivity index (χ0n) is 26.9. The minimum Gasteiger partial charge on any atom is -0.444 e. The number of hydrogen-bond acceptors (Lipinski definition) is 6. The van der Waals surface area contributed by atoms with Crippen molar-refractivity contribution >= 4 is 29.7 Å². The van der Waals surface area contributed by atoms with Crippen molar-refractivity contribution in [3.63, 3.8) is 0 Å². The van der Waals surface area contributed by atoms with Crippen molar-refractivity contribution in [1.29, 1.82) is 0 Å². The standard InChI is InChI=1S/C35H42N6O4/c1-8-41-29(28(24-36-41)37-30(38-31(42)44-33(2,3)4)39-32(43)45-34(5,6)7)40-35(25-18-12-9-13-19-25,26-20-14-10-15-21-26)27-22-16-11-17-23-27/h9-24,40H,8H2,1-7H3,(H2,37,38,39,42,43). The smallest absolute Gasteiger partial charge is 0.437 e. The summed E-state index contributed by atoms with van der Waals surface area (Å²) in [5.41, 5.74) is 1.00. The summed E-state index contributed by atoms with van der Waals surface area (Å²) in [4.78, 5) is 29.6. The van der Waals surface area contributed by atoms with E-state index in [0.29, 0.717) is 18.1 Å². The van der Waals surface area contributed by atoms with Gasteiger partial charge in [-0.05, 0) is 65.2 Å². The number of benzene rings is 3. The van der Waals surface area contributed by atoms with Crippen molar-refractivity contribution in [3.05, 3.63) is 114 Å². The van der Waals surface area contributed by atoms with Crippen LogP contribution in [0.1, 0.15) is 65.2 Å². The molecule has 0 unspecified atom stereocenters. The molecule has 1 aromatic heterocycles. The normalized spacial score (nSPS) is 12.3. The first-order valence-electron chi connectivity index (χ1n) is 14.9. The molecule has 3 N–H and O–H groups in total. The van der Waals surface area contributed by atoms with Gasteiger partial charge in [-0.25, -0.2) is 14.3 Å². The second kappa shape index (κ2) is 13.7. The number of carbonyl (C=O) groups is 2. The average molecular weight is 611 g/mol. The molecule has 0 saturated heterocycles. The van der Waals surface area contributed by atoms with Gasteiger partial charge < -0.3 is 20.1 Å². The van der Waals surface area contributed by atoms with E-state index in [4.69, 9.17) is 9.47 Å². The van der Waals surface area contributed by atoms with Gasteiger partial charge in [0.05, 0.1) is 6.20 Å². The number of alkyl carbamates (subject to hydrolysis) is 1. The van der Waals surface area contributed by atoms with Crippen LogP contribution < -0.4 is 16.0 Å². The second-order valence-electron chi connectivity index (χ2n) is 12.4. The number of aromatic nitrogens is 2. The monoisotopic (exact) mass is 610 g/mol. The lowest BCUT2D eigenvalue weighted by Gasteiger charge is -2.38. The molecule has 1 heterocycles. The molecule has 0 radical (unpaired) electrons. The van der Waals surface area contributed by atoms with Crippen molar-refractivity contribution in [2.75, 3.05) is 10.6 Å². The predicted molar refractivity (Wildman–Crippen MR) is 177 cm³/mol. The van der Waals surface area contributed by atoms with Gasteiger partial charge in [-0.2, -0.15) is 5.10 Å². The fraction of sp³-hybridized carbons (Fsp3) is 0.314. The molecule has 10 nitrogen and oxygen atoms in total. The van der Waals surface area contributed by atoms with Crippen LogP contribution in [0, 0.1) is 0 Å². The third-order valence-electron chi connectivity index (χ3n) is 6.53. The van der Waals surface area contributed by atoms with Gasteiger partial charge in [0.15, 0.2) is 0 Å². The highest BCUT2D eigenvalue weighted by Gasteiger charge is 2.38. The molecule has 0 aliphatic rings. The second-order valence-corrected chi connectivity index (χ2v) is 12.4. The van der Waals surface area contributed by atoms with Crippen LogP contribution in [0.5, 0.6) is 0 Å². The summed E-state index contributed by atoms with van der Waals surface area (Å²) in [6.07, 6.45) is -0.0635. The van der Waals surface area contributed by atoms with Gasteiger partial charge in [-0.1, -0.05) is 91.0 Å². The Morgan fingerprint density at radius 3 is 1.64 bits per heavy atom. The van der Waals surface area contributed by atoms with Crippen LogP contribution in [0.15, 0.2) is 102 Å². The van der Waals surface area contributed by atoms with Gasteiger partial charge in [0.1, 0.15) is 28.2 Å². The van der Waals surface area contributed by atoms with E-state index < -0.39 is 28.9 Å². The van der Waals surface area contributed by atoms with Gasteiger partial charge >= 0.3 is 12.2 Å². The topological polar surface area (TPSA) is 119 Å². The van der Waals surface area contributed by atoms with E-state index in [-0.39, 0.29) is 5.96 Å². The molecular weight excluding hydrogens is 568 g/mol. The molecule has 4 aromatic rings. The lowest BCUT2D eigenvalue weighted by molar-refractivity contribution is 0.0562. The maximum Gasteiger partial charge on any atom is 0.437 e. The van der Waals surface area contributed by atoms with Crippen molar-refractivity contribution in [2.45, 2.75) is 71.8 Å². The van der Waals surface area contributed by atoms with Gasteiger partial charge in [0.2, 0.25) is 5.96 Å². The quantitative estimate of drug-likeness (QED) is 0.112. The van der Waals surface area contributed by atoms with E-state index in [1.165, 1.54) is 0 Å². The Labute approximate surface area is 264 Å². The molecule has 0 atom stereocenters. The SMILES string of the molecule is CCn1ncc(NC(=NC(=O)OC(C)(C)C)NC(=O)OC(C)(C)C)c1NC(c1ccccc1)(c1ccccc1)c1ccccc1. The Morgan fingerprint density at radius 1 is 0.756 bits per heavy atom. The summed E-state index contributed by atoms with van der Waals surface area (Å²) in [6, 6.07) is 30.4. The first-order chi connectivity index (χ1) is 21.3. The van der Waals surface area contributed by atoms with E-state index in [1.54, 1.807) is 52.4 Å². The van der Waals surface area contributed by atoms with Gasteiger partial charge in [-0.15, -0.1) is 4.99 Å². The van der Waals surface area contributed by atoms with Crippen LogP contribution in [0.3, 0.4) is 0 Å². The highest BCUT2D eigenvalue weighted by Crippen LogP contribution is 2.41. The number of nitrogens with zero attached hydrogens (tertiary/aromatic N) is 3. The number of aliphatic imine (C=N–C) groups is 1. The number of amides is 2. The van der Waals surface area contributed by atoms with Gasteiger partial charge in [0.25, 0.3) is 0 Å². The Bertz CT molecular complexity index is 1510. The summed E-state index contributed by atoms with van der Waals surface area (Å²) in [5, 5.41) is 14.1. The van der Waals surface area contributed by atoms with E-state index >= 15 is 0 Å². The van der Waals surface area contributed by atoms with E-state index in [0.717, 1.165) is 16.7 Å². The minimum atomic E-state index is -0.884.